The molecule has 1 heterocycles. The zero-order valence-electron chi connectivity index (χ0n) is 23.7. The van der Waals surface area contributed by atoms with E-state index in [0.717, 1.165) is 39.1 Å². The monoisotopic (exact) mass is 615 g/mol. The summed E-state index contributed by atoms with van der Waals surface area (Å²) in [5.41, 5.74) is 6.77. The molecule has 10 heteroatoms. The first kappa shape index (κ1) is 29.9. The van der Waals surface area contributed by atoms with Crippen molar-refractivity contribution in [3.63, 3.8) is 0 Å². The topological polar surface area (TPSA) is 107 Å². The minimum absolute atomic E-state index is 0.132. The number of benzene rings is 4. The maximum Gasteiger partial charge on any atom is 0.337 e. The van der Waals surface area contributed by atoms with Gasteiger partial charge in [-0.2, -0.15) is 0 Å². The van der Waals surface area contributed by atoms with Gasteiger partial charge in [0.15, 0.2) is 0 Å². The lowest BCUT2D eigenvalue weighted by atomic mass is 10.0. The van der Waals surface area contributed by atoms with Crippen LogP contribution in [-0.2, 0) is 0 Å². The lowest BCUT2D eigenvalue weighted by molar-refractivity contribution is 0.0699. The molecule has 4 N–H and O–H groups in total. The molecule has 43 heavy (non-hydrogen) atoms. The average molecular weight is 617 g/mol. The number of nitrogens with one attached hydrogen (secondary N) is 3. The van der Waals surface area contributed by atoms with Crippen molar-refractivity contribution in [2.24, 2.45) is 0 Å². The fraction of sp³-hybridized carbons (Fsp3) is 0.182. The molecule has 2 amide bonds. The predicted octanol–water partition coefficient (Wildman–Crippen LogP) is 8.37. The molecular weight excluding hydrogens is 585 g/mol. The van der Waals surface area contributed by atoms with Gasteiger partial charge in [0.05, 0.1) is 22.3 Å². The summed E-state index contributed by atoms with van der Waals surface area (Å²) in [5, 5.41) is 20.7. The number of aryl methyl sites for hydroxylation is 2. The molecule has 0 unspecified atom stereocenters. The molecule has 0 saturated heterocycles. The minimum atomic E-state index is -1.04. The van der Waals surface area contributed by atoms with Gasteiger partial charge in [0.1, 0.15) is 0 Å². The molecule has 0 atom stereocenters. The Labute approximate surface area is 259 Å². The van der Waals surface area contributed by atoms with E-state index in [1.54, 1.807) is 12.1 Å². The molecule has 0 aliphatic carbocycles. The number of carboxylic acid groups (broad SMARTS) is 1. The number of para-hydroxylation sites is 2. The summed E-state index contributed by atoms with van der Waals surface area (Å²) in [6, 6.07) is 23.8. The number of aromatic carboxylic acids is 1. The lowest BCUT2D eigenvalue weighted by Gasteiger charge is -2.23. The maximum absolute atomic E-state index is 13.0. The van der Waals surface area contributed by atoms with Crippen LogP contribution in [0, 0.1) is 13.8 Å². The number of fused-ring (bicyclic) bond motifs is 2. The Morgan fingerprint density at radius 3 is 2.12 bits per heavy atom. The van der Waals surface area contributed by atoms with E-state index in [1.807, 2.05) is 80.6 Å². The Bertz CT molecular complexity index is 1810. The molecule has 0 spiro atoms. The highest BCUT2D eigenvalue weighted by Crippen LogP contribution is 2.36. The number of carbonyl (C=O) groups is 2. The van der Waals surface area contributed by atoms with Gasteiger partial charge in [0.2, 0.25) is 0 Å². The fourth-order valence-electron chi connectivity index (χ4n) is 5.03. The Balaban J connectivity index is 1.41. The van der Waals surface area contributed by atoms with E-state index in [-0.39, 0.29) is 11.6 Å². The number of hydrogen-bond acceptors (Lipinski definition) is 5. The van der Waals surface area contributed by atoms with Crippen LogP contribution < -0.4 is 20.9 Å². The van der Waals surface area contributed by atoms with Gasteiger partial charge >= 0.3 is 12.0 Å². The summed E-state index contributed by atoms with van der Waals surface area (Å²) < 4.78 is 0. The Morgan fingerprint density at radius 2 is 1.44 bits per heavy atom. The number of halogens is 2. The molecule has 5 aromatic rings. The van der Waals surface area contributed by atoms with Gasteiger partial charge in [-0.1, -0.05) is 36.4 Å². The highest BCUT2D eigenvalue weighted by atomic mass is 35.5. The lowest BCUT2D eigenvalue weighted by Crippen LogP contribution is -2.27. The van der Waals surface area contributed by atoms with Crippen LogP contribution in [0.4, 0.5) is 33.2 Å². The van der Waals surface area contributed by atoms with Crippen LogP contribution in [0.2, 0.25) is 0 Å². The molecule has 0 saturated carbocycles. The van der Waals surface area contributed by atoms with Crippen LogP contribution in [0.1, 0.15) is 21.5 Å². The maximum atomic E-state index is 13.0. The number of nitrogens with zero attached hydrogens (tertiary/aromatic N) is 2. The van der Waals surface area contributed by atoms with Crippen molar-refractivity contribution >= 4 is 85.4 Å². The van der Waals surface area contributed by atoms with Crippen molar-refractivity contribution in [3.05, 3.63) is 95.6 Å². The van der Waals surface area contributed by atoms with Gasteiger partial charge in [-0.05, 0) is 67.4 Å². The van der Waals surface area contributed by atoms with E-state index in [1.165, 1.54) is 0 Å². The first-order valence-corrected chi connectivity index (χ1v) is 14.8. The number of anilines is 5. The van der Waals surface area contributed by atoms with Crippen molar-refractivity contribution in [2.45, 2.75) is 13.8 Å². The van der Waals surface area contributed by atoms with Gasteiger partial charge in [-0.15, -0.1) is 23.2 Å². The normalized spacial score (nSPS) is 11.0. The van der Waals surface area contributed by atoms with E-state index in [2.05, 4.69) is 20.9 Å². The van der Waals surface area contributed by atoms with Crippen molar-refractivity contribution in [3.8, 4) is 0 Å². The molecule has 220 valence electrons. The largest absolute Gasteiger partial charge is 0.478 e. The number of rotatable bonds is 10. The summed E-state index contributed by atoms with van der Waals surface area (Å²) in [7, 11) is 0. The first-order valence-electron chi connectivity index (χ1n) is 13.8. The molecule has 0 aliphatic rings. The number of amides is 2. The predicted molar refractivity (Wildman–Crippen MR) is 178 cm³/mol. The van der Waals surface area contributed by atoms with Crippen molar-refractivity contribution in [1.82, 2.24) is 4.98 Å². The standard InChI is InChI=1S/C33H31Cl2N5O3/c1-20-9-10-23(19-28(20)38-33(43)37-22-11-13-24(14-12-22)40(17-15-34)18-16-35)36-30-25-6-3-5-21(2)29(25)39-31-26(30)7-4-8-27(31)32(41)42/h3-14,19H,15-18H2,1-2H3,(H,36,39)(H,41,42)(H2,37,38,43). The zero-order chi connectivity index (χ0) is 30.5. The van der Waals surface area contributed by atoms with E-state index in [0.29, 0.717) is 47.1 Å². The van der Waals surface area contributed by atoms with Crippen LogP contribution in [0.5, 0.6) is 0 Å². The molecule has 1 aromatic heterocycles. The number of pyridine rings is 1. The van der Waals surface area contributed by atoms with E-state index >= 15 is 0 Å². The van der Waals surface area contributed by atoms with Crippen molar-refractivity contribution in [2.75, 3.05) is 45.7 Å². The van der Waals surface area contributed by atoms with Gasteiger partial charge in [-0.3, -0.25) is 0 Å². The molecule has 0 radical (unpaired) electrons. The zero-order valence-corrected chi connectivity index (χ0v) is 25.3. The third-order valence-electron chi connectivity index (χ3n) is 7.22. The molecule has 0 aliphatic heterocycles. The average Bonchev–Trinajstić information content (AvgIpc) is 2.99. The molecular formula is C33H31Cl2N5O3. The quantitative estimate of drug-likeness (QED) is 0.0928. The van der Waals surface area contributed by atoms with Gasteiger partial charge in [0.25, 0.3) is 0 Å². The SMILES string of the molecule is Cc1ccc(Nc2c3cccc(C)c3nc3c(C(=O)O)cccc23)cc1NC(=O)Nc1ccc(N(CCCl)CCCl)cc1. The number of carboxylic acids is 1. The van der Waals surface area contributed by atoms with Gasteiger partial charge in [-0.25, -0.2) is 14.6 Å². The number of alkyl halides is 2. The Hall–Kier alpha value is -4.53. The van der Waals surface area contributed by atoms with Crippen LogP contribution >= 0.6 is 23.2 Å². The summed E-state index contributed by atoms with van der Waals surface area (Å²) in [6.07, 6.45) is 0. The highest BCUT2D eigenvalue weighted by Gasteiger charge is 2.17. The molecule has 0 fully saturated rings. The Kier molecular flexibility index (Phi) is 9.19. The second kappa shape index (κ2) is 13.2. The molecule has 4 aromatic carbocycles. The van der Waals surface area contributed by atoms with Crippen LogP contribution in [0.15, 0.2) is 78.9 Å². The second-order valence-electron chi connectivity index (χ2n) is 10.1. The second-order valence-corrected chi connectivity index (χ2v) is 10.9. The van der Waals surface area contributed by atoms with Crippen LogP contribution in [-0.4, -0.2) is 46.9 Å². The third-order valence-corrected chi connectivity index (χ3v) is 7.56. The van der Waals surface area contributed by atoms with Gasteiger partial charge < -0.3 is 26.0 Å². The number of urea groups is 1. The van der Waals surface area contributed by atoms with Crippen LogP contribution in [0.25, 0.3) is 21.8 Å². The Morgan fingerprint density at radius 1 is 0.791 bits per heavy atom. The number of carbonyl (C=O) groups excluding carboxylic acids is 1. The summed E-state index contributed by atoms with van der Waals surface area (Å²) >= 11 is 11.8. The first-order chi connectivity index (χ1) is 20.8. The van der Waals surface area contributed by atoms with Crippen LogP contribution in [0.3, 0.4) is 0 Å². The number of hydrogen-bond donors (Lipinski definition) is 4. The van der Waals surface area contributed by atoms with E-state index in [4.69, 9.17) is 28.2 Å². The molecule has 5 rings (SSSR count). The smallest absolute Gasteiger partial charge is 0.337 e. The molecule has 0 bridgehead atoms. The van der Waals surface area contributed by atoms with E-state index < -0.39 is 5.97 Å². The van der Waals surface area contributed by atoms with E-state index in [9.17, 15) is 14.7 Å². The summed E-state index contributed by atoms with van der Waals surface area (Å²) in [4.78, 5) is 31.8. The number of aromatic nitrogens is 1. The molecule has 8 nitrogen and oxygen atoms in total. The fourth-order valence-corrected chi connectivity index (χ4v) is 5.44. The third kappa shape index (κ3) is 6.61. The van der Waals surface area contributed by atoms with Crippen molar-refractivity contribution in [1.29, 1.82) is 0 Å². The van der Waals surface area contributed by atoms with Gasteiger partial charge in [0, 0.05) is 58.4 Å². The highest BCUT2D eigenvalue weighted by molar-refractivity contribution is 6.18. The summed E-state index contributed by atoms with van der Waals surface area (Å²) in [5.74, 6) is -0.0610. The summed E-state index contributed by atoms with van der Waals surface area (Å²) in [6.45, 7) is 5.22. The minimum Gasteiger partial charge on any atom is -0.478 e. The van der Waals surface area contributed by atoms with Crippen molar-refractivity contribution < 1.29 is 14.7 Å².